The molecule has 5 nitrogen and oxygen atoms in total. The van der Waals surface area contributed by atoms with Gasteiger partial charge in [0.1, 0.15) is 0 Å². The molecule has 0 aliphatic heterocycles. The molecule has 2 rings (SSSR count). The lowest BCUT2D eigenvalue weighted by Crippen LogP contribution is -2.29. The number of rotatable bonds is 4. The zero-order chi connectivity index (χ0) is 16.3. The molecule has 2 aromatic carbocycles. The van der Waals surface area contributed by atoms with Gasteiger partial charge in [-0.25, -0.2) is 0 Å². The minimum absolute atomic E-state index is 0.266. The Kier molecular flexibility index (Phi) is 5.13. The molecule has 2 amide bonds. The second kappa shape index (κ2) is 6.87. The van der Waals surface area contributed by atoms with Gasteiger partial charge in [0, 0.05) is 16.1 Å². The van der Waals surface area contributed by atoms with Crippen LogP contribution in [0.5, 0.6) is 0 Å². The van der Waals surface area contributed by atoms with Crippen LogP contribution in [-0.2, 0) is 0 Å². The largest absolute Gasteiger partial charge is 0.366 e. The number of carbonyl (C=O) groups excluding carboxylic acids is 2. The maximum Gasteiger partial charge on any atom is 0.269 e. The minimum Gasteiger partial charge on any atom is -0.366 e. The highest BCUT2D eigenvalue weighted by atomic mass is 35.5. The lowest BCUT2D eigenvalue weighted by molar-refractivity contribution is 0.0959. The Bertz CT molecular complexity index is 710. The standard InChI is InChI=1S/C14H10Cl3N3O2/c15-9-5-10(16)12(11(17)6-9)19-20-14(22)8-3-1-7(2-4-8)13(18)21/h1-6,19H,(H2,18,21)(H,20,22). The lowest BCUT2D eigenvalue weighted by atomic mass is 10.1. The zero-order valence-corrected chi connectivity index (χ0v) is 13.3. The monoisotopic (exact) mass is 357 g/mol. The number of anilines is 1. The number of amides is 2. The van der Waals surface area contributed by atoms with Gasteiger partial charge in [0.25, 0.3) is 5.91 Å². The van der Waals surface area contributed by atoms with E-state index in [0.717, 1.165) is 0 Å². The third kappa shape index (κ3) is 3.82. The van der Waals surface area contributed by atoms with Crippen LogP contribution in [0.1, 0.15) is 20.7 Å². The average molecular weight is 359 g/mol. The summed E-state index contributed by atoms with van der Waals surface area (Å²) in [6, 6.07) is 8.85. The molecule has 0 fully saturated rings. The van der Waals surface area contributed by atoms with E-state index in [-0.39, 0.29) is 10.0 Å². The van der Waals surface area contributed by atoms with Gasteiger partial charge < -0.3 is 5.73 Å². The van der Waals surface area contributed by atoms with Gasteiger partial charge in [0.15, 0.2) is 0 Å². The number of hydrogen-bond acceptors (Lipinski definition) is 3. The Morgan fingerprint density at radius 1 is 0.909 bits per heavy atom. The van der Waals surface area contributed by atoms with Crippen LogP contribution in [0.25, 0.3) is 0 Å². The normalized spacial score (nSPS) is 10.1. The fourth-order valence-electron chi connectivity index (χ4n) is 1.64. The molecule has 0 spiro atoms. The van der Waals surface area contributed by atoms with Crippen LogP contribution in [0, 0.1) is 0 Å². The highest BCUT2D eigenvalue weighted by molar-refractivity contribution is 6.41. The molecular formula is C14H10Cl3N3O2. The first-order valence-electron chi connectivity index (χ1n) is 5.99. The number of benzene rings is 2. The molecule has 0 aromatic heterocycles. The van der Waals surface area contributed by atoms with E-state index in [1.807, 2.05) is 0 Å². The van der Waals surface area contributed by atoms with Crippen LogP contribution >= 0.6 is 34.8 Å². The molecule has 0 atom stereocenters. The number of nitrogens with one attached hydrogen (secondary N) is 2. The lowest BCUT2D eigenvalue weighted by Gasteiger charge is -2.12. The molecule has 22 heavy (non-hydrogen) atoms. The van der Waals surface area contributed by atoms with Gasteiger partial charge in [-0.1, -0.05) is 34.8 Å². The summed E-state index contributed by atoms with van der Waals surface area (Å²) in [7, 11) is 0. The highest BCUT2D eigenvalue weighted by Crippen LogP contribution is 2.33. The van der Waals surface area contributed by atoms with Crippen molar-refractivity contribution >= 4 is 52.3 Å². The molecule has 8 heteroatoms. The van der Waals surface area contributed by atoms with E-state index in [0.29, 0.717) is 21.8 Å². The second-order valence-corrected chi connectivity index (χ2v) is 5.52. The SMILES string of the molecule is NC(=O)c1ccc(C(=O)NNc2c(Cl)cc(Cl)cc2Cl)cc1. The van der Waals surface area contributed by atoms with Gasteiger partial charge in [-0.3, -0.25) is 20.4 Å². The summed E-state index contributed by atoms with van der Waals surface area (Å²) < 4.78 is 0. The van der Waals surface area contributed by atoms with E-state index >= 15 is 0 Å². The van der Waals surface area contributed by atoms with E-state index in [9.17, 15) is 9.59 Å². The van der Waals surface area contributed by atoms with Gasteiger partial charge >= 0.3 is 0 Å². The highest BCUT2D eigenvalue weighted by Gasteiger charge is 2.10. The minimum atomic E-state index is -0.565. The maximum absolute atomic E-state index is 12.0. The summed E-state index contributed by atoms with van der Waals surface area (Å²) in [4.78, 5) is 23.0. The first-order chi connectivity index (χ1) is 10.4. The van der Waals surface area contributed by atoms with Crippen molar-refractivity contribution < 1.29 is 9.59 Å². The first kappa shape index (κ1) is 16.4. The molecular weight excluding hydrogens is 349 g/mol. The van der Waals surface area contributed by atoms with Crippen molar-refractivity contribution in [1.82, 2.24) is 5.43 Å². The van der Waals surface area contributed by atoms with Crippen LogP contribution in [0.4, 0.5) is 5.69 Å². The topological polar surface area (TPSA) is 84.2 Å². The van der Waals surface area contributed by atoms with E-state index in [2.05, 4.69) is 10.9 Å². The average Bonchev–Trinajstić information content (AvgIpc) is 2.46. The van der Waals surface area contributed by atoms with Crippen molar-refractivity contribution in [3.05, 3.63) is 62.6 Å². The number of halogens is 3. The number of primary amides is 1. The predicted molar refractivity (Wildman–Crippen MR) is 87.5 cm³/mol. The molecule has 0 heterocycles. The summed E-state index contributed by atoms with van der Waals surface area (Å²) in [6.45, 7) is 0. The molecule has 0 radical (unpaired) electrons. The summed E-state index contributed by atoms with van der Waals surface area (Å²) in [5.74, 6) is -0.997. The summed E-state index contributed by atoms with van der Waals surface area (Å²) in [5.41, 5.74) is 11.2. The Hall–Kier alpha value is -1.95. The molecule has 4 N–H and O–H groups in total. The molecule has 0 unspecified atom stereocenters. The number of carbonyl (C=O) groups is 2. The second-order valence-electron chi connectivity index (χ2n) is 4.27. The molecule has 0 bridgehead atoms. The van der Waals surface area contributed by atoms with Crippen LogP contribution in [0.3, 0.4) is 0 Å². The van der Waals surface area contributed by atoms with E-state index in [1.54, 1.807) is 0 Å². The van der Waals surface area contributed by atoms with Crippen molar-refractivity contribution in [1.29, 1.82) is 0 Å². The van der Waals surface area contributed by atoms with Crippen LogP contribution in [0.15, 0.2) is 36.4 Å². The number of hydrazine groups is 1. The smallest absolute Gasteiger partial charge is 0.269 e. The fraction of sp³-hybridized carbons (Fsp3) is 0. The van der Waals surface area contributed by atoms with Crippen molar-refractivity contribution in [3.63, 3.8) is 0 Å². The molecule has 0 aliphatic carbocycles. The Labute approximate surface area is 141 Å². The van der Waals surface area contributed by atoms with Crippen molar-refractivity contribution in [2.24, 2.45) is 5.73 Å². The molecule has 0 aliphatic rings. The van der Waals surface area contributed by atoms with Crippen molar-refractivity contribution in [3.8, 4) is 0 Å². The third-order valence-electron chi connectivity index (χ3n) is 2.74. The van der Waals surface area contributed by atoms with Gasteiger partial charge in [-0.05, 0) is 36.4 Å². The number of nitrogens with two attached hydrogens (primary N) is 1. The summed E-state index contributed by atoms with van der Waals surface area (Å²) in [6.07, 6.45) is 0. The molecule has 0 saturated carbocycles. The fourth-order valence-corrected chi connectivity index (χ4v) is 2.55. The van der Waals surface area contributed by atoms with Crippen molar-refractivity contribution in [2.75, 3.05) is 5.43 Å². The van der Waals surface area contributed by atoms with Gasteiger partial charge in [-0.2, -0.15) is 0 Å². The quantitative estimate of drug-likeness (QED) is 0.731. The Balaban J connectivity index is 2.08. The number of hydrogen-bond donors (Lipinski definition) is 3. The third-order valence-corrected chi connectivity index (χ3v) is 3.55. The van der Waals surface area contributed by atoms with E-state index < -0.39 is 11.8 Å². The maximum atomic E-state index is 12.0. The van der Waals surface area contributed by atoms with Crippen LogP contribution in [0.2, 0.25) is 15.1 Å². The predicted octanol–water partition coefficient (Wildman–Crippen LogP) is 3.50. The summed E-state index contributed by atoms with van der Waals surface area (Å²) in [5, 5.41) is 0.915. The first-order valence-corrected chi connectivity index (χ1v) is 7.12. The van der Waals surface area contributed by atoms with Gasteiger partial charge in [0.2, 0.25) is 5.91 Å². The molecule has 2 aromatic rings. The molecule has 114 valence electrons. The van der Waals surface area contributed by atoms with Gasteiger partial charge in [-0.15, -0.1) is 0 Å². The van der Waals surface area contributed by atoms with Gasteiger partial charge in [0.05, 0.1) is 15.7 Å². The Morgan fingerprint density at radius 3 is 1.91 bits per heavy atom. The molecule has 0 saturated heterocycles. The van der Waals surface area contributed by atoms with E-state index in [4.69, 9.17) is 40.5 Å². The van der Waals surface area contributed by atoms with Crippen molar-refractivity contribution in [2.45, 2.75) is 0 Å². The Morgan fingerprint density at radius 2 is 1.41 bits per heavy atom. The van der Waals surface area contributed by atoms with Crippen LogP contribution < -0.4 is 16.6 Å². The zero-order valence-electron chi connectivity index (χ0n) is 11.0. The summed E-state index contributed by atoms with van der Waals surface area (Å²) >= 11 is 17.8. The van der Waals surface area contributed by atoms with Crippen LogP contribution in [-0.4, -0.2) is 11.8 Å². The van der Waals surface area contributed by atoms with E-state index in [1.165, 1.54) is 36.4 Å².